The molecule has 1 aromatic rings. The van der Waals surface area contributed by atoms with Gasteiger partial charge in [-0.05, 0) is 48.9 Å². The minimum absolute atomic E-state index is 0.513. The minimum atomic E-state index is 0.513. The molecule has 1 saturated heterocycles. The van der Waals surface area contributed by atoms with Gasteiger partial charge in [0.25, 0.3) is 0 Å². The number of hydrogen-bond donors (Lipinski definition) is 1. The zero-order valence-electron chi connectivity index (χ0n) is 10.8. The Kier molecular flexibility index (Phi) is 3.09. The van der Waals surface area contributed by atoms with E-state index in [0.717, 1.165) is 18.7 Å². The Balaban J connectivity index is 1.95. The molecule has 2 aliphatic rings. The molecule has 2 fully saturated rings. The third kappa shape index (κ3) is 1.93. The van der Waals surface area contributed by atoms with Gasteiger partial charge >= 0.3 is 0 Å². The molecule has 1 aromatic carbocycles. The number of piperidine rings is 1. The second kappa shape index (κ2) is 4.74. The van der Waals surface area contributed by atoms with Crippen LogP contribution < -0.4 is 5.32 Å². The molecule has 0 aromatic heterocycles. The summed E-state index contributed by atoms with van der Waals surface area (Å²) in [5, 5.41) is 12.6. The molecule has 2 heteroatoms. The van der Waals surface area contributed by atoms with Gasteiger partial charge in [-0.25, -0.2) is 0 Å². The Morgan fingerprint density at radius 1 is 1.22 bits per heavy atom. The largest absolute Gasteiger partial charge is 0.316 e. The van der Waals surface area contributed by atoms with Gasteiger partial charge in [0.2, 0.25) is 0 Å². The van der Waals surface area contributed by atoms with Gasteiger partial charge in [0.05, 0.1) is 11.6 Å². The maximum atomic E-state index is 9.05. The van der Waals surface area contributed by atoms with Gasteiger partial charge in [0, 0.05) is 12.5 Å². The molecule has 1 unspecified atom stereocenters. The Morgan fingerprint density at radius 3 is 2.83 bits per heavy atom. The van der Waals surface area contributed by atoms with Crippen molar-refractivity contribution < 1.29 is 0 Å². The summed E-state index contributed by atoms with van der Waals surface area (Å²) in [5.41, 5.74) is 2.67. The van der Waals surface area contributed by atoms with Crippen molar-refractivity contribution in [1.29, 1.82) is 5.26 Å². The van der Waals surface area contributed by atoms with Gasteiger partial charge < -0.3 is 5.32 Å². The van der Waals surface area contributed by atoms with Crippen molar-refractivity contribution in [3.63, 3.8) is 0 Å². The fourth-order valence-electron chi connectivity index (χ4n) is 3.95. The zero-order valence-corrected chi connectivity index (χ0v) is 10.8. The first-order valence-corrected chi connectivity index (χ1v) is 7.05. The van der Waals surface area contributed by atoms with Crippen molar-refractivity contribution in [2.45, 2.75) is 38.0 Å². The van der Waals surface area contributed by atoms with E-state index in [4.69, 9.17) is 5.26 Å². The van der Waals surface area contributed by atoms with Gasteiger partial charge in [0.15, 0.2) is 0 Å². The van der Waals surface area contributed by atoms with Crippen LogP contribution in [0.2, 0.25) is 0 Å². The average molecular weight is 240 g/mol. The summed E-state index contributed by atoms with van der Waals surface area (Å²) in [6.07, 6.45) is 6.81. The molecule has 0 radical (unpaired) electrons. The third-order valence-electron chi connectivity index (χ3n) is 4.90. The number of nitrogens with one attached hydrogen (secondary N) is 1. The van der Waals surface area contributed by atoms with E-state index in [2.05, 4.69) is 23.5 Å². The third-order valence-corrected chi connectivity index (χ3v) is 4.90. The molecule has 3 rings (SSSR count). The van der Waals surface area contributed by atoms with Crippen LogP contribution in [0.1, 0.15) is 49.1 Å². The molecular weight excluding hydrogens is 220 g/mol. The Hall–Kier alpha value is -1.33. The lowest BCUT2D eigenvalue weighted by atomic mass is 9.66. The van der Waals surface area contributed by atoms with Crippen molar-refractivity contribution in [1.82, 2.24) is 5.32 Å². The van der Waals surface area contributed by atoms with Crippen LogP contribution in [0.5, 0.6) is 0 Å². The van der Waals surface area contributed by atoms with Gasteiger partial charge in [0.1, 0.15) is 0 Å². The summed E-state index contributed by atoms with van der Waals surface area (Å²) >= 11 is 0. The van der Waals surface area contributed by atoms with Crippen molar-refractivity contribution in [3.8, 4) is 6.07 Å². The lowest BCUT2D eigenvalue weighted by molar-refractivity contribution is 0.170. The normalized spacial score (nSPS) is 26.1. The summed E-state index contributed by atoms with van der Waals surface area (Å²) < 4.78 is 0. The van der Waals surface area contributed by atoms with Crippen molar-refractivity contribution in [3.05, 3.63) is 35.4 Å². The quantitative estimate of drug-likeness (QED) is 0.818. The number of hydrogen-bond acceptors (Lipinski definition) is 2. The summed E-state index contributed by atoms with van der Waals surface area (Å²) in [6, 6.07) is 10.5. The van der Waals surface area contributed by atoms with Gasteiger partial charge in [-0.15, -0.1) is 0 Å². The smallest absolute Gasteiger partial charge is 0.0991 e. The van der Waals surface area contributed by atoms with Crippen LogP contribution in [0.15, 0.2) is 24.3 Å². The molecule has 1 aliphatic heterocycles. The number of rotatable bonds is 1. The molecule has 1 spiro atoms. The summed E-state index contributed by atoms with van der Waals surface area (Å²) in [7, 11) is 0. The Morgan fingerprint density at radius 2 is 2.06 bits per heavy atom. The topological polar surface area (TPSA) is 35.8 Å². The summed E-state index contributed by atoms with van der Waals surface area (Å²) in [6.45, 7) is 2.24. The number of nitriles is 1. The maximum Gasteiger partial charge on any atom is 0.0991 e. The van der Waals surface area contributed by atoms with E-state index < -0.39 is 0 Å². The van der Waals surface area contributed by atoms with E-state index in [0.29, 0.717) is 11.3 Å². The van der Waals surface area contributed by atoms with Crippen LogP contribution in [0.4, 0.5) is 0 Å². The van der Waals surface area contributed by atoms with Crippen LogP contribution >= 0.6 is 0 Å². The first kappa shape index (κ1) is 11.7. The van der Waals surface area contributed by atoms with E-state index in [-0.39, 0.29) is 0 Å². The molecule has 1 saturated carbocycles. The van der Waals surface area contributed by atoms with E-state index in [1.54, 1.807) is 0 Å². The molecule has 94 valence electrons. The standard InChI is InChI=1S/C16H20N2/c17-11-13-4-3-5-14(10-13)15-12-18-9-8-16(15)6-1-2-7-16/h3-5,10,15,18H,1-2,6-9,12H2. The summed E-state index contributed by atoms with van der Waals surface area (Å²) in [4.78, 5) is 0. The molecule has 1 N–H and O–H groups in total. The highest BCUT2D eigenvalue weighted by molar-refractivity contribution is 5.36. The molecular formula is C16H20N2. The van der Waals surface area contributed by atoms with Crippen LogP contribution in [0.3, 0.4) is 0 Å². The highest BCUT2D eigenvalue weighted by Gasteiger charge is 2.43. The predicted octanol–water partition coefficient (Wildman–Crippen LogP) is 3.20. The first-order valence-electron chi connectivity index (χ1n) is 7.05. The van der Waals surface area contributed by atoms with E-state index in [1.807, 2.05) is 12.1 Å². The van der Waals surface area contributed by atoms with Gasteiger partial charge in [-0.1, -0.05) is 25.0 Å². The van der Waals surface area contributed by atoms with Crippen LogP contribution in [-0.2, 0) is 0 Å². The SMILES string of the molecule is N#Cc1cccc(C2CNCCC23CCCC3)c1. The van der Waals surface area contributed by atoms with Gasteiger partial charge in [-0.3, -0.25) is 0 Å². The van der Waals surface area contributed by atoms with Crippen LogP contribution in [-0.4, -0.2) is 13.1 Å². The molecule has 0 bridgehead atoms. The Labute approximate surface area is 109 Å². The fraction of sp³-hybridized carbons (Fsp3) is 0.562. The van der Waals surface area contributed by atoms with Crippen LogP contribution in [0, 0.1) is 16.7 Å². The zero-order chi connectivity index (χ0) is 12.4. The van der Waals surface area contributed by atoms with Crippen molar-refractivity contribution in [2.24, 2.45) is 5.41 Å². The van der Waals surface area contributed by atoms with E-state index in [1.165, 1.54) is 37.7 Å². The maximum absolute atomic E-state index is 9.05. The lowest BCUT2D eigenvalue weighted by Gasteiger charge is -2.42. The number of nitrogens with zero attached hydrogens (tertiary/aromatic N) is 1. The molecule has 0 amide bonds. The monoisotopic (exact) mass is 240 g/mol. The molecule has 2 nitrogen and oxygen atoms in total. The molecule has 1 aliphatic carbocycles. The van der Waals surface area contributed by atoms with E-state index in [9.17, 15) is 0 Å². The van der Waals surface area contributed by atoms with E-state index >= 15 is 0 Å². The predicted molar refractivity (Wildman–Crippen MR) is 72.3 cm³/mol. The molecule has 1 atom stereocenters. The highest BCUT2D eigenvalue weighted by atomic mass is 14.9. The Bertz CT molecular complexity index is 466. The molecule has 18 heavy (non-hydrogen) atoms. The second-order valence-corrected chi connectivity index (χ2v) is 5.81. The second-order valence-electron chi connectivity index (χ2n) is 5.81. The average Bonchev–Trinajstić information content (AvgIpc) is 2.88. The minimum Gasteiger partial charge on any atom is -0.316 e. The number of benzene rings is 1. The highest BCUT2D eigenvalue weighted by Crippen LogP contribution is 2.52. The van der Waals surface area contributed by atoms with Gasteiger partial charge in [-0.2, -0.15) is 5.26 Å². The summed E-state index contributed by atoms with van der Waals surface area (Å²) in [5.74, 6) is 0.599. The lowest BCUT2D eigenvalue weighted by Crippen LogP contribution is -2.42. The molecule has 1 heterocycles. The van der Waals surface area contributed by atoms with Crippen molar-refractivity contribution >= 4 is 0 Å². The fourth-order valence-corrected chi connectivity index (χ4v) is 3.95. The van der Waals surface area contributed by atoms with Crippen LogP contribution in [0.25, 0.3) is 0 Å². The first-order chi connectivity index (χ1) is 8.84. The van der Waals surface area contributed by atoms with Crippen molar-refractivity contribution in [2.75, 3.05) is 13.1 Å².